The highest BCUT2D eigenvalue weighted by Crippen LogP contribution is 2.25. The molecule has 0 saturated carbocycles. The van der Waals surface area contributed by atoms with Crippen LogP contribution in [0.25, 0.3) is 0 Å². The molecule has 1 fully saturated rings. The van der Waals surface area contributed by atoms with E-state index in [2.05, 4.69) is 10.3 Å². The van der Waals surface area contributed by atoms with Crippen LogP contribution in [0.2, 0.25) is 0 Å². The number of esters is 1. The first kappa shape index (κ1) is 14.0. The van der Waals surface area contributed by atoms with Gasteiger partial charge in [-0.2, -0.15) is 0 Å². The van der Waals surface area contributed by atoms with Crippen molar-refractivity contribution in [2.75, 3.05) is 20.2 Å². The summed E-state index contributed by atoms with van der Waals surface area (Å²) in [5, 5.41) is 0. The summed E-state index contributed by atoms with van der Waals surface area (Å²) in [6.07, 6.45) is 1.88. The first-order valence-corrected chi connectivity index (χ1v) is 6.59. The lowest BCUT2D eigenvalue weighted by Crippen LogP contribution is -2.47. The summed E-state index contributed by atoms with van der Waals surface area (Å²) in [4.78, 5) is 14.2. The molecule has 19 heavy (non-hydrogen) atoms. The van der Waals surface area contributed by atoms with Crippen molar-refractivity contribution in [1.82, 2.24) is 10.3 Å². The van der Waals surface area contributed by atoms with Crippen LogP contribution in [-0.4, -0.2) is 37.1 Å². The molecule has 2 rings (SSSR count). The number of hydrogen-bond donors (Lipinski definition) is 2. The molecule has 0 amide bonds. The van der Waals surface area contributed by atoms with Crippen molar-refractivity contribution in [2.45, 2.75) is 24.9 Å². The molecule has 1 aliphatic rings. The SMILES string of the molecule is COC(=O)C(c1ccccc1)N1CCC(NN)CC1. The zero-order valence-corrected chi connectivity index (χ0v) is 11.2. The zero-order chi connectivity index (χ0) is 13.7. The maximum atomic E-state index is 12.1. The molecule has 3 N–H and O–H groups in total. The Morgan fingerprint density at radius 1 is 1.37 bits per heavy atom. The zero-order valence-electron chi connectivity index (χ0n) is 11.2. The van der Waals surface area contributed by atoms with Crippen LogP contribution in [0.15, 0.2) is 30.3 Å². The summed E-state index contributed by atoms with van der Waals surface area (Å²) in [5.41, 5.74) is 3.78. The van der Waals surface area contributed by atoms with Gasteiger partial charge in [0, 0.05) is 19.1 Å². The molecule has 0 spiro atoms. The van der Waals surface area contributed by atoms with E-state index in [-0.39, 0.29) is 12.0 Å². The predicted octanol–water partition coefficient (Wildman–Crippen LogP) is 0.828. The lowest BCUT2D eigenvalue weighted by Gasteiger charge is -2.36. The van der Waals surface area contributed by atoms with E-state index in [1.807, 2.05) is 30.3 Å². The van der Waals surface area contributed by atoms with Gasteiger partial charge in [0.25, 0.3) is 0 Å². The molecule has 1 aromatic carbocycles. The van der Waals surface area contributed by atoms with E-state index in [0.717, 1.165) is 31.5 Å². The molecule has 1 aromatic rings. The summed E-state index contributed by atoms with van der Waals surface area (Å²) in [5.74, 6) is 5.26. The van der Waals surface area contributed by atoms with Gasteiger partial charge in [-0.15, -0.1) is 0 Å². The number of hydrogen-bond acceptors (Lipinski definition) is 5. The second-order valence-electron chi connectivity index (χ2n) is 4.81. The number of hydrazine groups is 1. The molecular formula is C14H21N3O2. The maximum Gasteiger partial charge on any atom is 0.327 e. The number of likely N-dealkylation sites (tertiary alicyclic amines) is 1. The number of nitrogens with two attached hydrogens (primary N) is 1. The first-order valence-electron chi connectivity index (χ1n) is 6.59. The number of methoxy groups -OCH3 is 1. The van der Waals surface area contributed by atoms with Gasteiger partial charge < -0.3 is 4.74 Å². The van der Waals surface area contributed by atoms with E-state index in [1.54, 1.807) is 0 Å². The molecule has 1 atom stereocenters. The van der Waals surface area contributed by atoms with Crippen LogP contribution in [-0.2, 0) is 9.53 Å². The first-order chi connectivity index (χ1) is 9.26. The average molecular weight is 263 g/mol. The summed E-state index contributed by atoms with van der Waals surface area (Å²) < 4.78 is 4.95. The minimum absolute atomic E-state index is 0.203. The van der Waals surface area contributed by atoms with E-state index in [0.29, 0.717) is 6.04 Å². The molecule has 1 heterocycles. The third kappa shape index (κ3) is 3.32. The average Bonchev–Trinajstić information content (AvgIpc) is 2.49. The van der Waals surface area contributed by atoms with Gasteiger partial charge in [0.2, 0.25) is 0 Å². The fourth-order valence-electron chi connectivity index (χ4n) is 2.57. The highest BCUT2D eigenvalue weighted by Gasteiger charge is 2.31. The number of piperidine rings is 1. The van der Waals surface area contributed by atoms with Gasteiger partial charge in [-0.05, 0) is 18.4 Å². The van der Waals surface area contributed by atoms with E-state index < -0.39 is 0 Å². The predicted molar refractivity (Wildman–Crippen MR) is 73.1 cm³/mol. The van der Waals surface area contributed by atoms with E-state index in [4.69, 9.17) is 10.6 Å². The summed E-state index contributed by atoms with van der Waals surface area (Å²) >= 11 is 0. The monoisotopic (exact) mass is 263 g/mol. The van der Waals surface area contributed by atoms with Gasteiger partial charge >= 0.3 is 5.97 Å². The third-order valence-corrected chi connectivity index (χ3v) is 3.67. The van der Waals surface area contributed by atoms with E-state index in [1.165, 1.54) is 7.11 Å². The molecule has 0 radical (unpaired) electrons. The van der Waals surface area contributed by atoms with E-state index in [9.17, 15) is 4.79 Å². The Hall–Kier alpha value is -1.43. The summed E-state index contributed by atoms with van der Waals surface area (Å²) in [6.45, 7) is 1.67. The van der Waals surface area contributed by atoms with Crippen molar-refractivity contribution in [1.29, 1.82) is 0 Å². The third-order valence-electron chi connectivity index (χ3n) is 3.67. The lowest BCUT2D eigenvalue weighted by atomic mass is 9.99. The second-order valence-corrected chi connectivity index (χ2v) is 4.81. The van der Waals surface area contributed by atoms with Crippen LogP contribution in [0.5, 0.6) is 0 Å². The summed E-state index contributed by atoms with van der Waals surface area (Å²) in [6, 6.07) is 9.79. The number of nitrogens with one attached hydrogen (secondary N) is 1. The normalized spacial score (nSPS) is 19.1. The highest BCUT2D eigenvalue weighted by molar-refractivity contribution is 5.77. The Bertz CT molecular complexity index is 402. The topological polar surface area (TPSA) is 67.6 Å². The minimum atomic E-state index is -0.315. The molecule has 1 saturated heterocycles. The number of ether oxygens (including phenoxy) is 1. The molecule has 0 bridgehead atoms. The fourth-order valence-corrected chi connectivity index (χ4v) is 2.57. The summed E-state index contributed by atoms with van der Waals surface area (Å²) in [7, 11) is 1.44. The Balaban J connectivity index is 2.13. The Labute approximate surface area is 113 Å². The largest absolute Gasteiger partial charge is 0.468 e. The molecular weight excluding hydrogens is 242 g/mol. The maximum absolute atomic E-state index is 12.1. The van der Waals surface area contributed by atoms with Crippen molar-refractivity contribution in [3.05, 3.63) is 35.9 Å². The molecule has 5 heteroatoms. The smallest absolute Gasteiger partial charge is 0.327 e. The Kier molecular flexibility index (Phi) is 4.90. The van der Waals surface area contributed by atoms with Gasteiger partial charge in [-0.25, -0.2) is 4.79 Å². The van der Waals surface area contributed by atoms with Gasteiger partial charge in [-0.3, -0.25) is 16.2 Å². The highest BCUT2D eigenvalue weighted by atomic mass is 16.5. The fraction of sp³-hybridized carbons (Fsp3) is 0.500. The number of nitrogens with zero attached hydrogens (tertiary/aromatic N) is 1. The van der Waals surface area contributed by atoms with Crippen molar-refractivity contribution >= 4 is 5.97 Å². The number of carbonyl (C=O) groups is 1. The van der Waals surface area contributed by atoms with Gasteiger partial charge in [0.15, 0.2) is 0 Å². The van der Waals surface area contributed by atoms with Crippen LogP contribution >= 0.6 is 0 Å². The second kappa shape index (κ2) is 6.65. The van der Waals surface area contributed by atoms with Crippen LogP contribution in [0.4, 0.5) is 0 Å². The van der Waals surface area contributed by atoms with Crippen LogP contribution in [0.1, 0.15) is 24.4 Å². The molecule has 5 nitrogen and oxygen atoms in total. The van der Waals surface area contributed by atoms with Gasteiger partial charge in [0.05, 0.1) is 7.11 Å². The van der Waals surface area contributed by atoms with Crippen LogP contribution in [0.3, 0.4) is 0 Å². The number of benzene rings is 1. The van der Waals surface area contributed by atoms with E-state index >= 15 is 0 Å². The molecule has 1 aliphatic heterocycles. The molecule has 1 unspecified atom stereocenters. The van der Waals surface area contributed by atoms with Crippen LogP contribution < -0.4 is 11.3 Å². The van der Waals surface area contributed by atoms with Gasteiger partial charge in [-0.1, -0.05) is 30.3 Å². The Morgan fingerprint density at radius 3 is 2.53 bits per heavy atom. The minimum Gasteiger partial charge on any atom is -0.468 e. The lowest BCUT2D eigenvalue weighted by molar-refractivity contribution is -0.147. The van der Waals surface area contributed by atoms with Gasteiger partial charge in [0.1, 0.15) is 6.04 Å². The Morgan fingerprint density at radius 2 is 2.00 bits per heavy atom. The van der Waals surface area contributed by atoms with Crippen LogP contribution in [0, 0.1) is 0 Å². The molecule has 0 aromatic heterocycles. The number of carbonyl (C=O) groups excluding carboxylic acids is 1. The van der Waals surface area contributed by atoms with Crippen molar-refractivity contribution in [2.24, 2.45) is 5.84 Å². The molecule has 0 aliphatic carbocycles. The van der Waals surface area contributed by atoms with Crippen molar-refractivity contribution < 1.29 is 9.53 Å². The van der Waals surface area contributed by atoms with Crippen molar-refractivity contribution in [3.63, 3.8) is 0 Å². The molecule has 104 valence electrons. The standard InChI is InChI=1S/C14H21N3O2/c1-19-14(18)13(11-5-3-2-4-6-11)17-9-7-12(16-15)8-10-17/h2-6,12-13,16H,7-10,15H2,1H3. The quantitative estimate of drug-likeness (QED) is 0.478. The van der Waals surface area contributed by atoms with Crippen molar-refractivity contribution in [3.8, 4) is 0 Å². The number of rotatable bonds is 4.